The van der Waals surface area contributed by atoms with E-state index in [1.54, 1.807) is 0 Å². The maximum Gasteiger partial charge on any atom is 0.306 e. The normalized spacial score (nSPS) is 12.5. The molecule has 0 saturated carbocycles. The van der Waals surface area contributed by atoms with E-state index in [1.807, 2.05) is 0 Å². The molecular formula is C68H120O6. The zero-order valence-corrected chi connectivity index (χ0v) is 49.1. The molecule has 0 amide bonds. The number of allylic oxidation sites excluding steroid dienone is 12. The minimum absolute atomic E-state index is 0.0806. The van der Waals surface area contributed by atoms with Crippen LogP contribution in [0.1, 0.15) is 323 Å². The molecule has 0 aliphatic rings. The molecule has 1 atom stereocenters. The fourth-order valence-electron chi connectivity index (χ4n) is 9.17. The molecule has 6 heteroatoms. The van der Waals surface area contributed by atoms with Gasteiger partial charge < -0.3 is 14.2 Å². The Hall–Kier alpha value is -3.15. The summed E-state index contributed by atoms with van der Waals surface area (Å²) in [5.74, 6) is -0.888. The second kappa shape index (κ2) is 62.4. The van der Waals surface area contributed by atoms with E-state index >= 15 is 0 Å². The van der Waals surface area contributed by atoms with Gasteiger partial charge >= 0.3 is 17.9 Å². The van der Waals surface area contributed by atoms with Gasteiger partial charge in [-0.3, -0.25) is 14.4 Å². The summed E-state index contributed by atoms with van der Waals surface area (Å²) in [5.41, 5.74) is 0. The van der Waals surface area contributed by atoms with Crippen molar-refractivity contribution in [3.63, 3.8) is 0 Å². The molecule has 74 heavy (non-hydrogen) atoms. The molecule has 0 spiro atoms. The van der Waals surface area contributed by atoms with Gasteiger partial charge in [-0.2, -0.15) is 0 Å². The van der Waals surface area contributed by atoms with Gasteiger partial charge in [0.1, 0.15) is 13.2 Å². The Bertz CT molecular complexity index is 1370. The average molecular weight is 1030 g/mol. The van der Waals surface area contributed by atoms with Crippen molar-refractivity contribution in [1.29, 1.82) is 0 Å². The summed E-state index contributed by atoms with van der Waals surface area (Å²) in [6, 6.07) is 0. The number of hydrogen-bond acceptors (Lipinski definition) is 6. The highest BCUT2D eigenvalue weighted by Gasteiger charge is 2.19. The van der Waals surface area contributed by atoms with Crippen LogP contribution in [0.2, 0.25) is 0 Å². The predicted molar refractivity (Wildman–Crippen MR) is 321 cm³/mol. The summed E-state index contributed by atoms with van der Waals surface area (Å²) in [5, 5.41) is 0. The summed E-state index contributed by atoms with van der Waals surface area (Å²) >= 11 is 0. The van der Waals surface area contributed by atoms with Crippen LogP contribution in [0, 0.1) is 0 Å². The average Bonchev–Trinajstić information content (AvgIpc) is 3.40. The largest absolute Gasteiger partial charge is 0.462 e. The zero-order valence-electron chi connectivity index (χ0n) is 49.1. The minimum atomic E-state index is -0.784. The van der Waals surface area contributed by atoms with Gasteiger partial charge in [-0.15, -0.1) is 0 Å². The van der Waals surface area contributed by atoms with Gasteiger partial charge in [0.15, 0.2) is 6.10 Å². The van der Waals surface area contributed by atoms with Gasteiger partial charge in [0, 0.05) is 19.3 Å². The van der Waals surface area contributed by atoms with Crippen LogP contribution < -0.4 is 0 Å². The summed E-state index contributed by atoms with van der Waals surface area (Å²) in [6.07, 6.45) is 80.6. The van der Waals surface area contributed by atoms with E-state index in [9.17, 15) is 14.4 Å². The van der Waals surface area contributed by atoms with Crippen molar-refractivity contribution in [2.24, 2.45) is 0 Å². The smallest absolute Gasteiger partial charge is 0.306 e. The summed E-state index contributed by atoms with van der Waals surface area (Å²) in [4.78, 5) is 38.2. The van der Waals surface area contributed by atoms with E-state index < -0.39 is 6.10 Å². The third-order valence-corrected chi connectivity index (χ3v) is 13.9. The van der Waals surface area contributed by atoms with E-state index in [-0.39, 0.29) is 31.1 Å². The maximum absolute atomic E-state index is 12.9. The lowest BCUT2D eigenvalue weighted by atomic mass is 10.0. The van der Waals surface area contributed by atoms with Gasteiger partial charge in [-0.25, -0.2) is 0 Å². The monoisotopic (exact) mass is 1030 g/mol. The molecule has 1 unspecified atom stereocenters. The van der Waals surface area contributed by atoms with Crippen molar-refractivity contribution >= 4 is 17.9 Å². The molecule has 6 nitrogen and oxygen atoms in total. The molecule has 0 N–H and O–H groups in total. The molecular weight excluding hydrogens is 913 g/mol. The van der Waals surface area contributed by atoms with Crippen molar-refractivity contribution in [2.75, 3.05) is 13.2 Å². The summed E-state index contributed by atoms with van der Waals surface area (Å²) in [6.45, 7) is 6.53. The van der Waals surface area contributed by atoms with Gasteiger partial charge in [0.2, 0.25) is 0 Å². The summed E-state index contributed by atoms with van der Waals surface area (Å²) in [7, 11) is 0. The maximum atomic E-state index is 12.9. The predicted octanol–water partition coefficient (Wildman–Crippen LogP) is 21.7. The number of ether oxygens (including phenoxy) is 3. The third kappa shape index (κ3) is 59.7. The Balaban J connectivity index is 4.25. The molecule has 0 radical (unpaired) electrons. The van der Waals surface area contributed by atoms with Crippen LogP contribution in [0.4, 0.5) is 0 Å². The number of carbonyl (C=O) groups is 3. The molecule has 0 saturated heterocycles. The second-order valence-corrected chi connectivity index (χ2v) is 21.3. The van der Waals surface area contributed by atoms with Crippen LogP contribution >= 0.6 is 0 Å². The van der Waals surface area contributed by atoms with Crippen LogP contribution in [0.3, 0.4) is 0 Å². The lowest BCUT2D eigenvalue weighted by Gasteiger charge is -2.18. The Morgan fingerprint density at radius 2 is 0.527 bits per heavy atom. The van der Waals surface area contributed by atoms with Gasteiger partial charge in [0.05, 0.1) is 0 Å². The van der Waals surface area contributed by atoms with E-state index in [2.05, 4.69) is 93.7 Å². The Kier molecular flexibility index (Phi) is 59.7. The topological polar surface area (TPSA) is 78.9 Å². The first kappa shape index (κ1) is 70.8. The van der Waals surface area contributed by atoms with Crippen LogP contribution in [0.5, 0.6) is 0 Å². The molecule has 0 aromatic carbocycles. The fourth-order valence-corrected chi connectivity index (χ4v) is 9.17. The van der Waals surface area contributed by atoms with Crippen molar-refractivity contribution in [1.82, 2.24) is 0 Å². The number of esters is 3. The summed E-state index contributed by atoms with van der Waals surface area (Å²) < 4.78 is 16.9. The third-order valence-electron chi connectivity index (χ3n) is 13.9. The zero-order chi connectivity index (χ0) is 53.6. The Morgan fingerprint density at radius 1 is 0.284 bits per heavy atom. The molecule has 0 rings (SSSR count). The number of carbonyl (C=O) groups excluding carboxylic acids is 3. The minimum Gasteiger partial charge on any atom is -0.462 e. The second-order valence-electron chi connectivity index (χ2n) is 21.3. The molecule has 0 bridgehead atoms. The Labute approximate surface area is 459 Å². The van der Waals surface area contributed by atoms with Crippen LogP contribution in [0.15, 0.2) is 72.9 Å². The molecule has 0 aliphatic carbocycles. The van der Waals surface area contributed by atoms with Gasteiger partial charge in [-0.05, 0) is 89.9 Å². The van der Waals surface area contributed by atoms with Crippen molar-refractivity contribution < 1.29 is 28.6 Å². The first-order valence-corrected chi connectivity index (χ1v) is 31.9. The molecule has 428 valence electrons. The van der Waals surface area contributed by atoms with Gasteiger partial charge in [-0.1, -0.05) is 286 Å². The number of rotatable bonds is 58. The number of hydrogen-bond donors (Lipinski definition) is 0. The van der Waals surface area contributed by atoms with E-state index in [0.717, 1.165) is 109 Å². The van der Waals surface area contributed by atoms with Crippen LogP contribution in [-0.4, -0.2) is 37.2 Å². The van der Waals surface area contributed by atoms with Crippen LogP contribution in [-0.2, 0) is 28.6 Å². The molecule has 0 fully saturated rings. The molecule has 0 heterocycles. The first-order valence-electron chi connectivity index (χ1n) is 31.9. The first-order chi connectivity index (χ1) is 36.5. The van der Waals surface area contributed by atoms with Crippen molar-refractivity contribution in [3.05, 3.63) is 72.9 Å². The van der Waals surface area contributed by atoms with E-state index in [0.29, 0.717) is 19.3 Å². The van der Waals surface area contributed by atoms with Crippen LogP contribution in [0.25, 0.3) is 0 Å². The SMILES string of the molecule is CC/C=C\C/C=C\C/C=C\C/C=C\C/C=C\CCCCCCCC(=O)OC(COC(=O)CCCCCCCCCCCC)COC(=O)CCCCCCCCCCCCCCC/C=C\CCCCCCCCCC. The van der Waals surface area contributed by atoms with Crippen molar-refractivity contribution in [2.45, 2.75) is 329 Å². The highest BCUT2D eigenvalue weighted by atomic mass is 16.6. The van der Waals surface area contributed by atoms with Gasteiger partial charge in [0.25, 0.3) is 0 Å². The molecule has 0 aromatic rings. The molecule has 0 aliphatic heterocycles. The Morgan fingerprint density at radius 3 is 0.838 bits per heavy atom. The fraction of sp³-hybridized carbons (Fsp3) is 0.779. The highest BCUT2D eigenvalue weighted by Crippen LogP contribution is 2.17. The standard InChI is InChI=1S/C68H120O6/c1-4-7-10-13-16-19-22-24-26-28-30-32-33-34-35-37-38-40-42-44-46-49-52-55-58-61-67(70)73-64-65(63-72-66(69)60-57-54-51-48-21-18-15-12-9-6-3)74-68(71)62-59-56-53-50-47-45-43-41-39-36-31-29-27-25-23-20-17-14-11-8-5-2/h8,11,17,20,25,27-28,30-31,36,41,43,65H,4-7,9-10,12-16,18-19,21-24,26,29,32-35,37-40,42,44-64H2,1-3H3/b11-8-,20-17-,27-25-,30-28-,36-31-,43-41-. The lowest BCUT2D eigenvalue weighted by molar-refractivity contribution is -0.167. The van der Waals surface area contributed by atoms with Crippen molar-refractivity contribution in [3.8, 4) is 0 Å². The van der Waals surface area contributed by atoms with E-state index in [4.69, 9.17) is 14.2 Å². The molecule has 0 aromatic heterocycles. The number of unbranched alkanes of at least 4 members (excludes halogenated alkanes) is 35. The lowest BCUT2D eigenvalue weighted by Crippen LogP contribution is -2.30. The van der Waals surface area contributed by atoms with E-state index in [1.165, 1.54) is 173 Å². The quantitative estimate of drug-likeness (QED) is 0.0261. The highest BCUT2D eigenvalue weighted by molar-refractivity contribution is 5.71.